The fraction of sp³-hybridized carbons (Fsp3) is 0.0769. The lowest BCUT2D eigenvalue weighted by molar-refractivity contribution is -0.131. The standard InChI is InChI=1S/C13H9ClO4/c1-7(15)18-12-6-10-4-9(13(16)17)3-2-8(10)5-11(12)14/h2-6H,1H3,(H,16,17). The maximum Gasteiger partial charge on any atom is 0.335 e. The molecule has 1 N–H and O–H groups in total. The van der Waals surface area contributed by atoms with Gasteiger partial charge in [-0.05, 0) is 35.0 Å². The van der Waals surface area contributed by atoms with E-state index in [2.05, 4.69) is 0 Å². The summed E-state index contributed by atoms with van der Waals surface area (Å²) in [4.78, 5) is 21.8. The molecule has 92 valence electrons. The molecule has 0 aliphatic rings. The van der Waals surface area contributed by atoms with Crippen LogP contribution in [0.1, 0.15) is 17.3 Å². The predicted octanol–water partition coefficient (Wildman–Crippen LogP) is 3.12. The quantitative estimate of drug-likeness (QED) is 0.669. The normalized spacial score (nSPS) is 10.3. The molecule has 0 aliphatic heterocycles. The lowest BCUT2D eigenvalue weighted by Crippen LogP contribution is -2.02. The van der Waals surface area contributed by atoms with Crippen LogP contribution in [0.2, 0.25) is 5.02 Å². The van der Waals surface area contributed by atoms with Gasteiger partial charge in [0.1, 0.15) is 5.75 Å². The van der Waals surface area contributed by atoms with Crippen LogP contribution < -0.4 is 4.74 Å². The van der Waals surface area contributed by atoms with Gasteiger partial charge in [-0.3, -0.25) is 4.79 Å². The Morgan fingerprint density at radius 1 is 1.17 bits per heavy atom. The van der Waals surface area contributed by atoms with Gasteiger partial charge in [0, 0.05) is 6.92 Å². The number of rotatable bonds is 2. The first-order chi connectivity index (χ1) is 8.47. The second-order valence-corrected chi connectivity index (χ2v) is 4.15. The number of carboxylic acid groups (broad SMARTS) is 1. The Bertz CT molecular complexity index is 649. The molecule has 0 atom stereocenters. The summed E-state index contributed by atoms with van der Waals surface area (Å²) < 4.78 is 4.94. The minimum atomic E-state index is -1.01. The number of benzene rings is 2. The average Bonchev–Trinajstić information content (AvgIpc) is 2.28. The van der Waals surface area contributed by atoms with Gasteiger partial charge in [0.15, 0.2) is 0 Å². The van der Waals surface area contributed by atoms with Crippen molar-refractivity contribution in [2.24, 2.45) is 0 Å². The highest BCUT2D eigenvalue weighted by Crippen LogP contribution is 2.30. The molecular formula is C13H9ClO4. The van der Waals surface area contributed by atoms with Gasteiger partial charge in [0.25, 0.3) is 0 Å². The van der Waals surface area contributed by atoms with Crippen molar-refractivity contribution in [2.45, 2.75) is 6.92 Å². The SMILES string of the molecule is CC(=O)Oc1cc2cc(C(=O)O)ccc2cc1Cl. The van der Waals surface area contributed by atoms with E-state index in [0.29, 0.717) is 10.4 Å². The number of esters is 1. The number of aromatic carboxylic acids is 1. The van der Waals surface area contributed by atoms with Gasteiger partial charge in [-0.15, -0.1) is 0 Å². The van der Waals surface area contributed by atoms with Crippen molar-refractivity contribution in [3.05, 3.63) is 40.9 Å². The number of carbonyl (C=O) groups excluding carboxylic acids is 1. The van der Waals surface area contributed by atoms with Crippen LogP contribution in [0.15, 0.2) is 30.3 Å². The van der Waals surface area contributed by atoms with Gasteiger partial charge in [-0.1, -0.05) is 17.7 Å². The highest BCUT2D eigenvalue weighted by atomic mass is 35.5. The minimum Gasteiger partial charge on any atom is -0.478 e. The number of hydrogen-bond acceptors (Lipinski definition) is 3. The number of carboxylic acids is 1. The summed E-state index contributed by atoms with van der Waals surface area (Å²) in [7, 11) is 0. The Hall–Kier alpha value is -2.07. The van der Waals surface area contributed by atoms with Crippen molar-refractivity contribution in [1.82, 2.24) is 0 Å². The minimum absolute atomic E-state index is 0.165. The van der Waals surface area contributed by atoms with Gasteiger partial charge in [-0.2, -0.15) is 0 Å². The van der Waals surface area contributed by atoms with Gasteiger partial charge in [0.05, 0.1) is 10.6 Å². The van der Waals surface area contributed by atoms with E-state index in [4.69, 9.17) is 21.4 Å². The number of ether oxygens (including phenoxy) is 1. The molecule has 0 aromatic heterocycles. The zero-order chi connectivity index (χ0) is 13.3. The lowest BCUT2D eigenvalue weighted by atomic mass is 10.1. The van der Waals surface area contributed by atoms with Crippen molar-refractivity contribution in [1.29, 1.82) is 0 Å². The summed E-state index contributed by atoms with van der Waals surface area (Å²) in [5.41, 5.74) is 0.165. The molecule has 0 saturated carbocycles. The van der Waals surface area contributed by atoms with Crippen LogP contribution in [-0.4, -0.2) is 17.0 Å². The van der Waals surface area contributed by atoms with E-state index < -0.39 is 11.9 Å². The molecule has 4 nitrogen and oxygen atoms in total. The largest absolute Gasteiger partial charge is 0.478 e. The molecule has 0 spiro atoms. The highest BCUT2D eigenvalue weighted by Gasteiger charge is 2.09. The number of fused-ring (bicyclic) bond motifs is 1. The first-order valence-corrected chi connectivity index (χ1v) is 5.50. The van der Waals surface area contributed by atoms with Crippen molar-refractivity contribution in [3.8, 4) is 5.75 Å². The second kappa shape index (κ2) is 4.66. The highest BCUT2D eigenvalue weighted by molar-refractivity contribution is 6.33. The summed E-state index contributed by atoms with van der Waals surface area (Å²) in [6.45, 7) is 1.27. The monoisotopic (exact) mass is 264 g/mol. The maximum atomic E-state index is 10.9. The van der Waals surface area contributed by atoms with Crippen LogP contribution in [0.5, 0.6) is 5.75 Å². The van der Waals surface area contributed by atoms with Crippen LogP contribution in [0.4, 0.5) is 0 Å². The molecule has 0 amide bonds. The molecule has 5 heteroatoms. The molecule has 2 rings (SSSR count). The van der Waals surface area contributed by atoms with Crippen LogP contribution in [0, 0.1) is 0 Å². The summed E-state index contributed by atoms with van der Waals surface area (Å²) in [6, 6.07) is 7.82. The summed E-state index contributed by atoms with van der Waals surface area (Å²) in [6.07, 6.45) is 0. The summed E-state index contributed by atoms with van der Waals surface area (Å²) in [5.74, 6) is -1.27. The third-order valence-corrected chi connectivity index (χ3v) is 2.69. The molecule has 0 unspecified atom stereocenters. The molecule has 0 fully saturated rings. The average molecular weight is 265 g/mol. The number of carbonyl (C=O) groups is 2. The van der Waals surface area contributed by atoms with Crippen molar-refractivity contribution in [2.75, 3.05) is 0 Å². The van der Waals surface area contributed by atoms with Gasteiger partial charge in [0.2, 0.25) is 0 Å². The smallest absolute Gasteiger partial charge is 0.335 e. The van der Waals surface area contributed by atoms with Crippen LogP contribution in [0.25, 0.3) is 10.8 Å². The van der Waals surface area contributed by atoms with Gasteiger partial charge >= 0.3 is 11.9 Å². The summed E-state index contributed by atoms with van der Waals surface area (Å²) in [5, 5.41) is 10.6. The summed E-state index contributed by atoms with van der Waals surface area (Å²) >= 11 is 5.96. The third-order valence-electron chi connectivity index (χ3n) is 2.39. The predicted molar refractivity (Wildman–Crippen MR) is 67.2 cm³/mol. The van der Waals surface area contributed by atoms with E-state index in [1.165, 1.54) is 19.1 Å². The topological polar surface area (TPSA) is 63.6 Å². The van der Waals surface area contributed by atoms with Gasteiger partial charge in [-0.25, -0.2) is 4.79 Å². The fourth-order valence-electron chi connectivity index (χ4n) is 1.62. The Morgan fingerprint density at radius 3 is 2.50 bits per heavy atom. The number of halogens is 1. The molecule has 0 saturated heterocycles. The van der Waals surface area contributed by atoms with E-state index in [0.717, 1.165) is 5.39 Å². The zero-order valence-corrected chi connectivity index (χ0v) is 10.2. The van der Waals surface area contributed by atoms with E-state index in [-0.39, 0.29) is 11.3 Å². The van der Waals surface area contributed by atoms with E-state index in [9.17, 15) is 9.59 Å². The maximum absolute atomic E-state index is 10.9. The third kappa shape index (κ3) is 2.43. The van der Waals surface area contributed by atoms with Crippen LogP contribution >= 0.6 is 11.6 Å². The Labute approximate surface area is 108 Å². The number of hydrogen-bond donors (Lipinski definition) is 1. The zero-order valence-electron chi connectivity index (χ0n) is 9.44. The molecular weight excluding hydrogens is 256 g/mol. The van der Waals surface area contributed by atoms with Gasteiger partial charge < -0.3 is 9.84 Å². The lowest BCUT2D eigenvalue weighted by Gasteiger charge is -2.06. The molecule has 2 aromatic rings. The van der Waals surface area contributed by atoms with Crippen molar-refractivity contribution < 1.29 is 19.4 Å². The Kier molecular flexibility index (Phi) is 3.21. The van der Waals surface area contributed by atoms with Crippen molar-refractivity contribution >= 4 is 34.3 Å². The molecule has 0 aliphatic carbocycles. The van der Waals surface area contributed by atoms with E-state index in [1.807, 2.05) is 0 Å². The van der Waals surface area contributed by atoms with Crippen molar-refractivity contribution in [3.63, 3.8) is 0 Å². The molecule has 0 bridgehead atoms. The second-order valence-electron chi connectivity index (χ2n) is 3.74. The van der Waals surface area contributed by atoms with E-state index >= 15 is 0 Å². The first-order valence-electron chi connectivity index (χ1n) is 5.12. The first kappa shape index (κ1) is 12.4. The molecule has 18 heavy (non-hydrogen) atoms. The Morgan fingerprint density at radius 2 is 1.89 bits per heavy atom. The molecule has 0 radical (unpaired) electrons. The Balaban J connectivity index is 2.59. The fourth-order valence-corrected chi connectivity index (χ4v) is 1.83. The molecule has 0 heterocycles. The van der Waals surface area contributed by atoms with E-state index in [1.54, 1.807) is 18.2 Å². The molecule has 2 aromatic carbocycles. The van der Waals surface area contributed by atoms with Crippen LogP contribution in [-0.2, 0) is 4.79 Å². The van der Waals surface area contributed by atoms with Crippen LogP contribution in [0.3, 0.4) is 0 Å².